The minimum absolute atomic E-state index is 0.00952. The van der Waals surface area contributed by atoms with Gasteiger partial charge in [-0.05, 0) is 40.5 Å². The number of amides is 3. The smallest absolute Gasteiger partial charge is 0.227 e. The van der Waals surface area contributed by atoms with Gasteiger partial charge in [0.2, 0.25) is 17.7 Å². The summed E-state index contributed by atoms with van der Waals surface area (Å²) in [6.45, 7) is 10.3. The van der Waals surface area contributed by atoms with Crippen LogP contribution in [0.1, 0.15) is 47.0 Å². The number of carbonyl (C=O) groups is 3. The molecule has 0 spiro atoms. The Bertz CT molecular complexity index is 476. The number of carbonyl (C=O) groups excluding carboxylic acids is 3. The fourth-order valence-electron chi connectivity index (χ4n) is 3.46. The quantitative estimate of drug-likeness (QED) is 0.843. The maximum atomic E-state index is 12.7. The zero-order valence-electron chi connectivity index (χ0n) is 14.7. The molecule has 0 aliphatic carbocycles. The topological polar surface area (TPSA) is 69.7 Å². The second kappa shape index (κ2) is 6.89. The van der Waals surface area contributed by atoms with Crippen LogP contribution in [0.15, 0.2) is 0 Å². The Kier molecular flexibility index (Phi) is 5.32. The van der Waals surface area contributed by atoms with Gasteiger partial charge in [-0.2, -0.15) is 0 Å². The normalized spacial score (nSPS) is 23.3. The molecular formula is C17H29N3O3. The van der Waals surface area contributed by atoms with Gasteiger partial charge < -0.3 is 15.1 Å². The Morgan fingerprint density at radius 1 is 1.17 bits per heavy atom. The van der Waals surface area contributed by atoms with E-state index in [2.05, 4.69) is 5.32 Å². The van der Waals surface area contributed by atoms with Gasteiger partial charge in [-0.1, -0.05) is 0 Å². The van der Waals surface area contributed by atoms with Crippen LogP contribution < -0.4 is 5.32 Å². The van der Waals surface area contributed by atoms with Gasteiger partial charge in [0.1, 0.15) is 0 Å². The van der Waals surface area contributed by atoms with E-state index in [9.17, 15) is 14.4 Å². The van der Waals surface area contributed by atoms with Crippen molar-refractivity contribution in [2.24, 2.45) is 11.8 Å². The number of nitrogens with zero attached hydrogens (tertiary/aromatic N) is 2. The molecule has 1 N–H and O–H groups in total. The maximum absolute atomic E-state index is 12.7. The first-order valence-corrected chi connectivity index (χ1v) is 8.61. The summed E-state index contributed by atoms with van der Waals surface area (Å²) < 4.78 is 0. The maximum Gasteiger partial charge on any atom is 0.227 e. The number of nitrogens with one attached hydrogen (secondary N) is 1. The highest BCUT2D eigenvalue weighted by atomic mass is 16.2. The van der Waals surface area contributed by atoms with Crippen LogP contribution in [0, 0.1) is 11.8 Å². The van der Waals surface area contributed by atoms with Gasteiger partial charge in [0.25, 0.3) is 0 Å². The molecule has 23 heavy (non-hydrogen) atoms. The second-order valence-corrected chi connectivity index (χ2v) is 7.57. The highest BCUT2D eigenvalue weighted by Gasteiger charge is 2.41. The van der Waals surface area contributed by atoms with Crippen LogP contribution >= 0.6 is 0 Å². The molecule has 0 aromatic rings. The summed E-state index contributed by atoms with van der Waals surface area (Å²) in [6, 6.07) is 0. The van der Waals surface area contributed by atoms with Crippen LogP contribution in [-0.4, -0.2) is 59.2 Å². The Balaban J connectivity index is 1.89. The molecule has 2 saturated heterocycles. The first-order chi connectivity index (χ1) is 10.7. The fraction of sp³-hybridized carbons (Fsp3) is 0.824. The van der Waals surface area contributed by atoms with E-state index < -0.39 is 0 Å². The molecule has 6 heteroatoms. The van der Waals surface area contributed by atoms with Crippen LogP contribution in [0.25, 0.3) is 0 Å². The summed E-state index contributed by atoms with van der Waals surface area (Å²) in [5.41, 5.74) is -0.239. The molecule has 0 aromatic carbocycles. The van der Waals surface area contributed by atoms with E-state index in [1.807, 2.05) is 32.6 Å². The van der Waals surface area contributed by atoms with Crippen molar-refractivity contribution in [3.8, 4) is 0 Å². The van der Waals surface area contributed by atoms with Gasteiger partial charge >= 0.3 is 0 Å². The molecule has 1 atom stereocenters. The zero-order valence-corrected chi connectivity index (χ0v) is 14.7. The molecule has 0 aromatic heterocycles. The number of piperidine rings is 1. The van der Waals surface area contributed by atoms with Crippen molar-refractivity contribution in [2.45, 2.75) is 52.5 Å². The first kappa shape index (κ1) is 17.8. The molecule has 3 amide bonds. The molecule has 2 aliphatic rings. The van der Waals surface area contributed by atoms with E-state index in [1.54, 1.807) is 4.90 Å². The molecular weight excluding hydrogens is 294 g/mol. The molecule has 130 valence electrons. The Hall–Kier alpha value is -1.59. The predicted molar refractivity (Wildman–Crippen MR) is 87.6 cm³/mol. The van der Waals surface area contributed by atoms with Crippen LogP contribution in [0.4, 0.5) is 0 Å². The number of rotatable bonds is 3. The molecule has 2 heterocycles. The summed E-state index contributed by atoms with van der Waals surface area (Å²) >= 11 is 0. The lowest BCUT2D eigenvalue weighted by molar-refractivity contribution is -0.139. The highest BCUT2D eigenvalue weighted by Crippen LogP contribution is 2.28. The third-order valence-corrected chi connectivity index (χ3v) is 4.81. The van der Waals surface area contributed by atoms with E-state index in [-0.39, 0.29) is 35.1 Å². The Labute approximate surface area is 138 Å². The molecule has 2 rings (SSSR count). The molecule has 6 nitrogen and oxygen atoms in total. The van der Waals surface area contributed by atoms with Gasteiger partial charge in [0.05, 0.1) is 5.92 Å². The third kappa shape index (κ3) is 4.03. The van der Waals surface area contributed by atoms with Gasteiger partial charge in [0.15, 0.2) is 0 Å². The third-order valence-electron chi connectivity index (χ3n) is 4.81. The van der Waals surface area contributed by atoms with Gasteiger partial charge in [-0.15, -0.1) is 0 Å². The average molecular weight is 323 g/mol. The summed E-state index contributed by atoms with van der Waals surface area (Å²) in [5.74, 6) is 0.0000806. The van der Waals surface area contributed by atoms with Crippen LogP contribution in [-0.2, 0) is 14.4 Å². The lowest BCUT2D eigenvalue weighted by Crippen LogP contribution is -2.46. The van der Waals surface area contributed by atoms with Crippen molar-refractivity contribution in [3.05, 3.63) is 0 Å². The standard InChI is InChI=1S/C17H29N3O3/c1-5-18-15(22)12-6-8-19(9-7-12)16(23)13-10-14(21)20(11-13)17(2,3)4/h12-13H,5-11H2,1-4H3,(H,18,22). The first-order valence-electron chi connectivity index (χ1n) is 8.61. The van der Waals surface area contributed by atoms with E-state index in [1.165, 1.54) is 0 Å². The lowest BCUT2D eigenvalue weighted by Gasteiger charge is -2.34. The van der Waals surface area contributed by atoms with Crippen LogP contribution in [0.3, 0.4) is 0 Å². The van der Waals surface area contributed by atoms with Gasteiger partial charge in [-0.3, -0.25) is 14.4 Å². The fourth-order valence-corrected chi connectivity index (χ4v) is 3.46. The van der Waals surface area contributed by atoms with Crippen molar-refractivity contribution in [2.75, 3.05) is 26.2 Å². The largest absolute Gasteiger partial charge is 0.356 e. The number of hydrogen-bond acceptors (Lipinski definition) is 3. The van der Waals surface area contributed by atoms with E-state index >= 15 is 0 Å². The monoisotopic (exact) mass is 323 g/mol. The van der Waals surface area contributed by atoms with E-state index in [0.717, 1.165) is 0 Å². The summed E-state index contributed by atoms with van der Waals surface area (Å²) in [4.78, 5) is 40.3. The minimum Gasteiger partial charge on any atom is -0.356 e. The number of hydrogen-bond donors (Lipinski definition) is 1. The Morgan fingerprint density at radius 3 is 2.26 bits per heavy atom. The SMILES string of the molecule is CCNC(=O)C1CCN(C(=O)C2CC(=O)N(C(C)(C)C)C2)CC1. The summed E-state index contributed by atoms with van der Waals surface area (Å²) in [7, 11) is 0. The van der Waals surface area contributed by atoms with E-state index in [0.29, 0.717) is 45.4 Å². The number of likely N-dealkylation sites (tertiary alicyclic amines) is 2. The van der Waals surface area contributed by atoms with Crippen LogP contribution in [0.2, 0.25) is 0 Å². The lowest BCUT2D eigenvalue weighted by atomic mass is 9.94. The van der Waals surface area contributed by atoms with Crippen molar-refractivity contribution in [1.82, 2.24) is 15.1 Å². The van der Waals surface area contributed by atoms with Crippen LogP contribution in [0.5, 0.6) is 0 Å². The van der Waals surface area contributed by atoms with Crippen molar-refractivity contribution < 1.29 is 14.4 Å². The molecule has 0 radical (unpaired) electrons. The predicted octanol–water partition coefficient (Wildman–Crippen LogP) is 1.01. The van der Waals surface area contributed by atoms with Crippen molar-refractivity contribution >= 4 is 17.7 Å². The van der Waals surface area contributed by atoms with Gasteiger partial charge in [0, 0.05) is 44.1 Å². The Morgan fingerprint density at radius 2 is 1.78 bits per heavy atom. The summed E-state index contributed by atoms with van der Waals surface area (Å²) in [6.07, 6.45) is 1.73. The molecule has 2 fully saturated rings. The molecule has 1 unspecified atom stereocenters. The highest BCUT2D eigenvalue weighted by molar-refractivity contribution is 5.89. The molecule has 2 aliphatic heterocycles. The van der Waals surface area contributed by atoms with Crippen molar-refractivity contribution in [1.29, 1.82) is 0 Å². The minimum atomic E-state index is -0.239. The summed E-state index contributed by atoms with van der Waals surface area (Å²) in [5, 5.41) is 2.85. The van der Waals surface area contributed by atoms with Crippen molar-refractivity contribution in [3.63, 3.8) is 0 Å². The molecule has 0 saturated carbocycles. The zero-order chi connectivity index (χ0) is 17.2. The second-order valence-electron chi connectivity index (χ2n) is 7.57. The van der Waals surface area contributed by atoms with E-state index in [4.69, 9.17) is 0 Å². The average Bonchev–Trinajstić information content (AvgIpc) is 2.89. The molecule has 0 bridgehead atoms. The van der Waals surface area contributed by atoms with Gasteiger partial charge in [-0.25, -0.2) is 0 Å².